The van der Waals surface area contributed by atoms with Crippen LogP contribution in [0.25, 0.3) is 0 Å². The van der Waals surface area contributed by atoms with E-state index in [1.807, 2.05) is 57.2 Å². The van der Waals surface area contributed by atoms with Crippen molar-refractivity contribution in [3.63, 3.8) is 0 Å². The molecule has 5 heteroatoms. The second kappa shape index (κ2) is 9.33. The highest BCUT2D eigenvalue weighted by atomic mass is 16.3. The zero-order valence-electron chi connectivity index (χ0n) is 16.1. The Labute approximate surface area is 160 Å². The highest BCUT2D eigenvalue weighted by Gasteiger charge is 2.29. The summed E-state index contributed by atoms with van der Waals surface area (Å²) in [5, 5.41) is 15.3. The molecule has 0 saturated heterocycles. The summed E-state index contributed by atoms with van der Waals surface area (Å²) in [5.41, 5.74) is 1.00. The SMILES string of the molecule is C[C@H](NC(=O)[C@H](Cc1ccccc1)NC(=O)c1ccccc1)C(C)(C)CO. The average Bonchev–Trinajstić information content (AvgIpc) is 2.68. The minimum absolute atomic E-state index is 0.0474. The Balaban J connectivity index is 2.16. The monoisotopic (exact) mass is 368 g/mol. The quantitative estimate of drug-likeness (QED) is 0.670. The number of nitrogens with one attached hydrogen (secondary N) is 2. The molecule has 0 aromatic heterocycles. The predicted octanol–water partition coefficient (Wildman–Crippen LogP) is 2.55. The van der Waals surface area contributed by atoms with E-state index in [0.717, 1.165) is 5.56 Å². The molecule has 0 radical (unpaired) electrons. The van der Waals surface area contributed by atoms with Crippen LogP contribution in [-0.4, -0.2) is 35.6 Å². The summed E-state index contributed by atoms with van der Waals surface area (Å²) in [6.07, 6.45) is 0.386. The molecule has 0 bridgehead atoms. The normalized spacial score (nSPS) is 13.5. The van der Waals surface area contributed by atoms with Crippen molar-refractivity contribution in [3.05, 3.63) is 71.8 Å². The molecule has 2 aromatic rings. The summed E-state index contributed by atoms with van der Waals surface area (Å²) in [6, 6.07) is 17.4. The summed E-state index contributed by atoms with van der Waals surface area (Å²) in [6.45, 7) is 5.57. The molecular weight excluding hydrogens is 340 g/mol. The highest BCUT2D eigenvalue weighted by molar-refractivity contribution is 5.97. The van der Waals surface area contributed by atoms with E-state index in [2.05, 4.69) is 10.6 Å². The molecular formula is C22H28N2O3. The number of aliphatic hydroxyl groups is 1. The third-order valence-electron chi connectivity index (χ3n) is 4.88. The predicted molar refractivity (Wildman–Crippen MR) is 106 cm³/mol. The van der Waals surface area contributed by atoms with Crippen LogP contribution in [0.5, 0.6) is 0 Å². The van der Waals surface area contributed by atoms with E-state index < -0.39 is 11.5 Å². The average molecular weight is 368 g/mol. The summed E-state index contributed by atoms with van der Waals surface area (Å²) < 4.78 is 0. The fourth-order valence-electron chi connectivity index (χ4n) is 2.54. The molecule has 2 amide bonds. The number of hydrogen-bond donors (Lipinski definition) is 3. The van der Waals surface area contributed by atoms with Crippen molar-refractivity contribution in [2.75, 3.05) is 6.61 Å². The molecule has 0 spiro atoms. The number of carbonyl (C=O) groups excluding carboxylic acids is 2. The maximum Gasteiger partial charge on any atom is 0.251 e. The Bertz CT molecular complexity index is 745. The van der Waals surface area contributed by atoms with Crippen molar-refractivity contribution in [2.45, 2.75) is 39.3 Å². The van der Waals surface area contributed by atoms with Gasteiger partial charge in [0.25, 0.3) is 5.91 Å². The van der Waals surface area contributed by atoms with Crippen LogP contribution in [0.1, 0.15) is 36.7 Å². The summed E-state index contributed by atoms with van der Waals surface area (Å²) >= 11 is 0. The second-order valence-electron chi connectivity index (χ2n) is 7.46. The van der Waals surface area contributed by atoms with Gasteiger partial charge >= 0.3 is 0 Å². The maximum atomic E-state index is 12.9. The number of carbonyl (C=O) groups is 2. The lowest BCUT2D eigenvalue weighted by Crippen LogP contribution is -2.53. The second-order valence-corrected chi connectivity index (χ2v) is 7.46. The van der Waals surface area contributed by atoms with E-state index in [0.29, 0.717) is 12.0 Å². The molecule has 5 nitrogen and oxygen atoms in total. The van der Waals surface area contributed by atoms with Gasteiger partial charge in [-0.25, -0.2) is 0 Å². The van der Waals surface area contributed by atoms with Crippen molar-refractivity contribution in [1.82, 2.24) is 10.6 Å². The number of rotatable bonds is 8. The molecule has 2 aromatic carbocycles. The highest BCUT2D eigenvalue weighted by Crippen LogP contribution is 2.19. The van der Waals surface area contributed by atoms with Crippen LogP contribution in [0, 0.1) is 5.41 Å². The first kappa shape index (κ1) is 20.6. The van der Waals surface area contributed by atoms with Crippen molar-refractivity contribution in [1.29, 1.82) is 0 Å². The Morgan fingerprint density at radius 1 is 0.963 bits per heavy atom. The first-order valence-corrected chi connectivity index (χ1v) is 9.14. The van der Waals surface area contributed by atoms with E-state index in [1.165, 1.54) is 0 Å². The van der Waals surface area contributed by atoms with E-state index in [9.17, 15) is 14.7 Å². The molecule has 0 fully saturated rings. The topological polar surface area (TPSA) is 78.4 Å². The molecule has 2 atom stereocenters. The Morgan fingerprint density at radius 2 is 1.52 bits per heavy atom. The number of hydrogen-bond acceptors (Lipinski definition) is 3. The molecule has 0 aliphatic heterocycles. The van der Waals surface area contributed by atoms with Crippen LogP contribution >= 0.6 is 0 Å². The van der Waals surface area contributed by atoms with Crippen molar-refractivity contribution < 1.29 is 14.7 Å². The van der Waals surface area contributed by atoms with Crippen LogP contribution in [-0.2, 0) is 11.2 Å². The first-order valence-electron chi connectivity index (χ1n) is 9.14. The summed E-state index contributed by atoms with van der Waals surface area (Å²) in [4.78, 5) is 25.4. The van der Waals surface area contributed by atoms with E-state index in [4.69, 9.17) is 0 Å². The Hall–Kier alpha value is -2.66. The van der Waals surface area contributed by atoms with Gasteiger partial charge in [-0.05, 0) is 24.6 Å². The van der Waals surface area contributed by atoms with Crippen LogP contribution in [0.15, 0.2) is 60.7 Å². The van der Waals surface area contributed by atoms with Gasteiger partial charge in [-0.1, -0.05) is 62.4 Å². The molecule has 0 saturated carbocycles. The van der Waals surface area contributed by atoms with E-state index in [1.54, 1.807) is 24.3 Å². The lowest BCUT2D eigenvalue weighted by atomic mass is 9.86. The molecule has 0 heterocycles. The molecule has 3 N–H and O–H groups in total. The van der Waals surface area contributed by atoms with E-state index >= 15 is 0 Å². The van der Waals surface area contributed by atoms with Gasteiger partial charge in [-0.2, -0.15) is 0 Å². The van der Waals surface area contributed by atoms with Gasteiger partial charge in [-0.15, -0.1) is 0 Å². The smallest absolute Gasteiger partial charge is 0.251 e. The minimum atomic E-state index is -0.711. The van der Waals surface area contributed by atoms with Crippen LogP contribution in [0.2, 0.25) is 0 Å². The fraction of sp³-hybridized carbons (Fsp3) is 0.364. The number of aliphatic hydroxyl groups excluding tert-OH is 1. The Morgan fingerprint density at radius 3 is 2.07 bits per heavy atom. The molecule has 27 heavy (non-hydrogen) atoms. The number of amides is 2. The third-order valence-corrected chi connectivity index (χ3v) is 4.88. The van der Waals surface area contributed by atoms with Gasteiger partial charge in [0.1, 0.15) is 6.04 Å². The van der Waals surface area contributed by atoms with Crippen molar-refractivity contribution in [2.24, 2.45) is 5.41 Å². The lowest BCUT2D eigenvalue weighted by Gasteiger charge is -2.31. The third kappa shape index (κ3) is 5.93. The van der Waals surface area contributed by atoms with Gasteiger partial charge in [0.05, 0.1) is 6.61 Å². The zero-order valence-corrected chi connectivity index (χ0v) is 16.1. The molecule has 0 aliphatic carbocycles. The fourth-order valence-corrected chi connectivity index (χ4v) is 2.54. The lowest BCUT2D eigenvalue weighted by molar-refractivity contribution is -0.124. The standard InChI is InChI=1S/C22H28N2O3/c1-16(22(2,3)15-25)23-21(27)19(14-17-10-6-4-7-11-17)24-20(26)18-12-8-5-9-13-18/h4-13,16,19,25H,14-15H2,1-3H3,(H,23,27)(H,24,26)/t16-,19-/m0/s1. The molecule has 0 aliphatic rings. The Kier molecular flexibility index (Phi) is 7.13. The zero-order chi connectivity index (χ0) is 19.9. The van der Waals surface area contributed by atoms with Gasteiger partial charge in [-0.3, -0.25) is 9.59 Å². The largest absolute Gasteiger partial charge is 0.396 e. The van der Waals surface area contributed by atoms with Crippen LogP contribution in [0.3, 0.4) is 0 Å². The van der Waals surface area contributed by atoms with Crippen molar-refractivity contribution >= 4 is 11.8 Å². The molecule has 2 rings (SSSR count). The number of benzene rings is 2. The molecule has 0 unspecified atom stereocenters. The van der Waals surface area contributed by atoms with Gasteiger partial charge in [0, 0.05) is 23.4 Å². The van der Waals surface area contributed by atoms with Gasteiger partial charge in [0.2, 0.25) is 5.91 Å². The van der Waals surface area contributed by atoms with Crippen LogP contribution in [0.4, 0.5) is 0 Å². The van der Waals surface area contributed by atoms with E-state index in [-0.39, 0.29) is 24.5 Å². The summed E-state index contributed by atoms with van der Waals surface area (Å²) in [7, 11) is 0. The molecule has 144 valence electrons. The minimum Gasteiger partial charge on any atom is -0.396 e. The van der Waals surface area contributed by atoms with Gasteiger partial charge in [0.15, 0.2) is 0 Å². The van der Waals surface area contributed by atoms with Gasteiger partial charge < -0.3 is 15.7 Å². The first-order chi connectivity index (χ1) is 12.8. The summed E-state index contributed by atoms with van der Waals surface area (Å²) in [5.74, 6) is -0.557. The van der Waals surface area contributed by atoms with Crippen molar-refractivity contribution in [3.8, 4) is 0 Å². The van der Waals surface area contributed by atoms with Crippen LogP contribution < -0.4 is 10.6 Å². The maximum absolute atomic E-state index is 12.9.